The Hall–Kier alpha value is -2.37. The number of carbonyl (C=O) groups is 3. The fraction of sp³-hybridized carbons (Fsp3) is 0.550. The van der Waals surface area contributed by atoms with Gasteiger partial charge in [0.2, 0.25) is 5.91 Å². The van der Waals surface area contributed by atoms with Gasteiger partial charge in [0.15, 0.2) is 0 Å². The molecule has 0 bridgehead atoms. The van der Waals surface area contributed by atoms with Crippen LogP contribution in [-0.2, 0) is 16.0 Å². The SMILES string of the molecule is CCc1ccccc1NC(=O)CN1C(=O)NC2(CCC(CC)CC2)C1=O. The smallest absolute Gasteiger partial charge is 0.324 e. The molecule has 1 aromatic carbocycles. The number of nitrogens with zero attached hydrogens (tertiary/aromatic N) is 1. The van der Waals surface area contributed by atoms with Gasteiger partial charge in [-0.1, -0.05) is 38.5 Å². The van der Waals surface area contributed by atoms with E-state index in [9.17, 15) is 14.4 Å². The Bertz CT molecular complexity index is 708. The van der Waals surface area contributed by atoms with Crippen molar-refractivity contribution in [2.24, 2.45) is 5.92 Å². The van der Waals surface area contributed by atoms with Crippen LogP contribution in [0, 0.1) is 5.92 Å². The first-order valence-electron chi connectivity index (χ1n) is 9.51. The molecule has 2 fully saturated rings. The molecule has 2 aliphatic rings. The monoisotopic (exact) mass is 357 g/mol. The Labute approximate surface area is 154 Å². The van der Waals surface area contributed by atoms with Crippen LogP contribution in [0.2, 0.25) is 0 Å². The summed E-state index contributed by atoms with van der Waals surface area (Å²) in [5.41, 5.74) is 0.947. The number of anilines is 1. The number of aryl methyl sites for hydroxylation is 1. The predicted octanol–water partition coefficient (Wildman–Crippen LogP) is 3.08. The highest BCUT2D eigenvalue weighted by atomic mass is 16.2. The lowest BCUT2D eigenvalue weighted by molar-refractivity contribution is -0.135. The topological polar surface area (TPSA) is 78.5 Å². The molecule has 2 N–H and O–H groups in total. The number of imide groups is 1. The average Bonchev–Trinajstić information content (AvgIpc) is 2.87. The second-order valence-corrected chi connectivity index (χ2v) is 7.31. The summed E-state index contributed by atoms with van der Waals surface area (Å²) >= 11 is 0. The number of benzene rings is 1. The number of rotatable bonds is 5. The van der Waals surface area contributed by atoms with Gasteiger partial charge in [0, 0.05) is 5.69 Å². The molecule has 140 valence electrons. The lowest BCUT2D eigenvalue weighted by Gasteiger charge is -2.34. The maximum Gasteiger partial charge on any atom is 0.325 e. The molecule has 1 aliphatic heterocycles. The van der Waals surface area contributed by atoms with E-state index in [4.69, 9.17) is 0 Å². The third-order valence-corrected chi connectivity index (χ3v) is 5.76. The van der Waals surface area contributed by atoms with Crippen LogP contribution < -0.4 is 10.6 Å². The van der Waals surface area contributed by atoms with Crippen molar-refractivity contribution < 1.29 is 14.4 Å². The average molecular weight is 357 g/mol. The van der Waals surface area contributed by atoms with E-state index in [-0.39, 0.29) is 18.4 Å². The minimum atomic E-state index is -0.801. The molecular formula is C20H27N3O3. The standard InChI is InChI=1S/C20H27N3O3/c1-3-14-9-11-20(12-10-14)18(25)23(19(26)22-20)13-17(24)21-16-8-6-5-7-15(16)4-2/h5-8,14H,3-4,9-13H2,1-2H3,(H,21,24)(H,22,26). The van der Waals surface area contributed by atoms with Crippen molar-refractivity contribution in [1.82, 2.24) is 10.2 Å². The van der Waals surface area contributed by atoms with E-state index < -0.39 is 11.6 Å². The number of hydrogen-bond donors (Lipinski definition) is 2. The van der Waals surface area contributed by atoms with Gasteiger partial charge in [-0.25, -0.2) is 4.79 Å². The maximum atomic E-state index is 12.9. The molecule has 1 aromatic rings. The molecule has 0 atom stereocenters. The molecule has 1 saturated carbocycles. The summed E-state index contributed by atoms with van der Waals surface area (Å²) in [6, 6.07) is 7.09. The zero-order valence-electron chi connectivity index (χ0n) is 15.5. The van der Waals surface area contributed by atoms with Crippen LogP contribution in [0.15, 0.2) is 24.3 Å². The number of carbonyl (C=O) groups excluding carboxylic acids is 3. The normalized spacial score (nSPS) is 25.5. The van der Waals surface area contributed by atoms with Gasteiger partial charge in [-0.3, -0.25) is 14.5 Å². The van der Waals surface area contributed by atoms with Crippen LogP contribution in [-0.4, -0.2) is 34.8 Å². The minimum Gasteiger partial charge on any atom is -0.324 e. The van der Waals surface area contributed by atoms with Crippen LogP contribution in [0.4, 0.5) is 10.5 Å². The Morgan fingerprint density at radius 3 is 2.58 bits per heavy atom. The van der Waals surface area contributed by atoms with E-state index in [1.54, 1.807) is 0 Å². The fourth-order valence-electron chi connectivity index (χ4n) is 4.02. The van der Waals surface area contributed by atoms with Gasteiger partial charge >= 0.3 is 6.03 Å². The summed E-state index contributed by atoms with van der Waals surface area (Å²) < 4.78 is 0. The number of para-hydroxylation sites is 1. The van der Waals surface area contributed by atoms with Gasteiger partial charge < -0.3 is 10.6 Å². The van der Waals surface area contributed by atoms with Crippen molar-refractivity contribution >= 4 is 23.5 Å². The minimum absolute atomic E-state index is 0.248. The van der Waals surface area contributed by atoms with Gasteiger partial charge in [0.05, 0.1) is 0 Å². The number of amides is 4. The Morgan fingerprint density at radius 2 is 1.92 bits per heavy atom. The zero-order chi connectivity index (χ0) is 18.7. The molecule has 0 unspecified atom stereocenters. The van der Waals surface area contributed by atoms with Crippen LogP contribution in [0.1, 0.15) is 51.5 Å². The van der Waals surface area contributed by atoms with Crippen molar-refractivity contribution in [1.29, 1.82) is 0 Å². The number of nitrogens with one attached hydrogen (secondary N) is 2. The summed E-state index contributed by atoms with van der Waals surface area (Å²) in [6.45, 7) is 3.92. The van der Waals surface area contributed by atoms with E-state index in [2.05, 4.69) is 17.6 Å². The van der Waals surface area contributed by atoms with Gasteiger partial charge in [-0.15, -0.1) is 0 Å². The van der Waals surface area contributed by atoms with Crippen LogP contribution in [0.25, 0.3) is 0 Å². The summed E-state index contributed by atoms with van der Waals surface area (Å²) in [4.78, 5) is 38.7. The van der Waals surface area contributed by atoms with Gasteiger partial charge in [0.1, 0.15) is 12.1 Å². The summed E-state index contributed by atoms with van der Waals surface area (Å²) in [5.74, 6) is 0.0119. The first-order chi connectivity index (χ1) is 12.5. The molecule has 1 heterocycles. The second kappa shape index (κ2) is 7.48. The highest BCUT2D eigenvalue weighted by Crippen LogP contribution is 2.37. The molecule has 6 heteroatoms. The highest BCUT2D eigenvalue weighted by Gasteiger charge is 2.52. The van der Waals surface area contributed by atoms with Gasteiger partial charge in [-0.05, 0) is 49.7 Å². The third-order valence-electron chi connectivity index (χ3n) is 5.76. The fourth-order valence-corrected chi connectivity index (χ4v) is 4.02. The Kier molecular flexibility index (Phi) is 5.30. The molecule has 26 heavy (non-hydrogen) atoms. The maximum absolute atomic E-state index is 12.9. The first kappa shape index (κ1) is 18.4. The van der Waals surface area contributed by atoms with Crippen molar-refractivity contribution in [3.05, 3.63) is 29.8 Å². The van der Waals surface area contributed by atoms with Crippen molar-refractivity contribution in [3.63, 3.8) is 0 Å². The zero-order valence-corrected chi connectivity index (χ0v) is 15.5. The lowest BCUT2D eigenvalue weighted by atomic mass is 9.75. The van der Waals surface area contributed by atoms with Gasteiger partial charge in [-0.2, -0.15) is 0 Å². The van der Waals surface area contributed by atoms with Crippen molar-refractivity contribution in [2.75, 3.05) is 11.9 Å². The second-order valence-electron chi connectivity index (χ2n) is 7.31. The molecule has 1 spiro atoms. The largest absolute Gasteiger partial charge is 0.325 e. The van der Waals surface area contributed by atoms with Crippen LogP contribution in [0.3, 0.4) is 0 Å². The quantitative estimate of drug-likeness (QED) is 0.795. The van der Waals surface area contributed by atoms with E-state index in [1.807, 2.05) is 31.2 Å². The Balaban J connectivity index is 1.65. The van der Waals surface area contributed by atoms with E-state index >= 15 is 0 Å². The van der Waals surface area contributed by atoms with Gasteiger partial charge in [0.25, 0.3) is 5.91 Å². The summed E-state index contributed by atoms with van der Waals surface area (Å²) in [6.07, 6.45) is 5.08. The van der Waals surface area contributed by atoms with Crippen LogP contribution in [0.5, 0.6) is 0 Å². The molecule has 4 amide bonds. The third kappa shape index (κ3) is 3.45. The van der Waals surface area contributed by atoms with E-state index in [0.29, 0.717) is 18.8 Å². The van der Waals surface area contributed by atoms with Crippen molar-refractivity contribution in [3.8, 4) is 0 Å². The predicted molar refractivity (Wildman–Crippen MR) is 99.7 cm³/mol. The van der Waals surface area contributed by atoms with E-state index in [1.165, 1.54) is 0 Å². The highest BCUT2D eigenvalue weighted by molar-refractivity contribution is 6.10. The molecule has 0 aromatic heterocycles. The molecule has 1 saturated heterocycles. The van der Waals surface area contributed by atoms with Crippen molar-refractivity contribution in [2.45, 2.75) is 57.9 Å². The summed E-state index contributed by atoms with van der Waals surface area (Å²) in [7, 11) is 0. The Morgan fingerprint density at radius 1 is 1.23 bits per heavy atom. The molecule has 3 rings (SSSR count). The molecule has 6 nitrogen and oxygen atoms in total. The molecule has 1 aliphatic carbocycles. The molecular weight excluding hydrogens is 330 g/mol. The lowest BCUT2D eigenvalue weighted by Crippen LogP contribution is -2.49. The van der Waals surface area contributed by atoms with Crippen LogP contribution >= 0.6 is 0 Å². The number of urea groups is 1. The first-order valence-corrected chi connectivity index (χ1v) is 9.51. The number of hydrogen-bond acceptors (Lipinski definition) is 3. The van der Waals surface area contributed by atoms with E-state index in [0.717, 1.165) is 41.8 Å². The molecule has 0 radical (unpaired) electrons. The summed E-state index contributed by atoms with van der Waals surface area (Å²) in [5, 5.41) is 5.69.